The van der Waals surface area contributed by atoms with Gasteiger partial charge in [0.05, 0.1) is 6.26 Å². The molecule has 0 aliphatic rings. The van der Waals surface area contributed by atoms with Crippen molar-refractivity contribution in [1.29, 1.82) is 0 Å². The van der Waals surface area contributed by atoms with Crippen LogP contribution < -0.4 is 4.74 Å². The van der Waals surface area contributed by atoms with Crippen LogP contribution in [0, 0.1) is 0 Å². The molecular formula is C22H15O2S+. The maximum absolute atomic E-state index is 5.71. The summed E-state index contributed by atoms with van der Waals surface area (Å²) in [7, 11) is -0.0665. The molecule has 0 aliphatic heterocycles. The Hall–Kier alpha value is -3.04. The van der Waals surface area contributed by atoms with Gasteiger partial charge in [-0.1, -0.05) is 24.3 Å². The average molecular weight is 343 g/mol. The lowest BCUT2D eigenvalue weighted by atomic mass is 10.2. The first kappa shape index (κ1) is 14.3. The van der Waals surface area contributed by atoms with Crippen LogP contribution in [0.25, 0.3) is 25.1 Å². The molecule has 3 heteroatoms. The summed E-state index contributed by atoms with van der Waals surface area (Å²) in [6.07, 6.45) is 1.61. The van der Waals surface area contributed by atoms with E-state index in [0.29, 0.717) is 5.95 Å². The predicted molar refractivity (Wildman–Crippen MR) is 104 cm³/mol. The van der Waals surface area contributed by atoms with Gasteiger partial charge in [0.25, 0.3) is 5.95 Å². The van der Waals surface area contributed by atoms with Gasteiger partial charge in [-0.2, -0.15) is 0 Å². The number of hydrogen-bond donors (Lipinski definition) is 0. The molecule has 5 rings (SSSR count). The molecule has 2 nitrogen and oxygen atoms in total. The molecule has 0 aliphatic carbocycles. The Balaban J connectivity index is 1.65. The Bertz CT molecular complexity index is 1100. The van der Waals surface area contributed by atoms with Crippen molar-refractivity contribution in [1.82, 2.24) is 0 Å². The summed E-state index contributed by atoms with van der Waals surface area (Å²) < 4.78 is 13.7. The number of hydrogen-bond acceptors (Lipinski definition) is 2. The second-order valence-electron chi connectivity index (χ2n) is 5.80. The summed E-state index contributed by atoms with van der Waals surface area (Å²) in [5, 5.41) is 2.69. The fraction of sp³-hybridized carbons (Fsp3) is 0. The Morgan fingerprint density at radius 2 is 1.28 bits per heavy atom. The van der Waals surface area contributed by atoms with Crippen LogP contribution in [0.1, 0.15) is 0 Å². The fourth-order valence-electron chi connectivity index (χ4n) is 3.19. The van der Waals surface area contributed by atoms with Gasteiger partial charge in [0.15, 0.2) is 14.3 Å². The van der Waals surface area contributed by atoms with Crippen molar-refractivity contribution in [2.24, 2.45) is 0 Å². The second-order valence-corrected chi connectivity index (χ2v) is 7.77. The summed E-state index contributed by atoms with van der Waals surface area (Å²) in [5.74, 6) is 1.29. The highest BCUT2D eigenvalue weighted by atomic mass is 32.2. The molecule has 0 radical (unpaired) electrons. The lowest BCUT2D eigenvalue weighted by Crippen LogP contribution is -1.81. The van der Waals surface area contributed by atoms with Crippen molar-refractivity contribution in [3.63, 3.8) is 0 Å². The van der Waals surface area contributed by atoms with E-state index in [0.717, 1.165) is 5.75 Å². The largest absolute Gasteiger partial charge is 0.434 e. The third-order valence-corrected chi connectivity index (χ3v) is 6.61. The molecule has 25 heavy (non-hydrogen) atoms. The third kappa shape index (κ3) is 2.41. The minimum Gasteiger partial charge on any atom is -0.434 e. The molecule has 0 amide bonds. The third-order valence-electron chi connectivity index (χ3n) is 4.28. The first-order chi connectivity index (χ1) is 12.4. The van der Waals surface area contributed by atoms with E-state index < -0.39 is 0 Å². The van der Waals surface area contributed by atoms with Crippen molar-refractivity contribution < 1.29 is 9.15 Å². The Morgan fingerprint density at radius 3 is 1.88 bits per heavy atom. The quantitative estimate of drug-likeness (QED) is 0.325. The second kappa shape index (κ2) is 5.80. The summed E-state index contributed by atoms with van der Waals surface area (Å²) in [4.78, 5) is 1.30. The van der Waals surface area contributed by atoms with Crippen molar-refractivity contribution in [2.75, 3.05) is 0 Å². The molecule has 0 saturated heterocycles. The van der Waals surface area contributed by atoms with Crippen LogP contribution in [-0.2, 0) is 0 Å². The lowest BCUT2D eigenvalue weighted by Gasteiger charge is -2.01. The maximum Gasteiger partial charge on any atom is 0.289 e. The van der Waals surface area contributed by atoms with Gasteiger partial charge in [-0.05, 0) is 42.5 Å². The molecule has 120 valence electrons. The van der Waals surface area contributed by atoms with E-state index in [1.54, 1.807) is 12.3 Å². The van der Waals surface area contributed by atoms with E-state index in [4.69, 9.17) is 9.15 Å². The zero-order valence-electron chi connectivity index (χ0n) is 13.4. The van der Waals surface area contributed by atoms with Crippen LogP contribution in [0.3, 0.4) is 0 Å². The molecule has 0 atom stereocenters. The highest BCUT2D eigenvalue weighted by Crippen LogP contribution is 2.48. The minimum atomic E-state index is -0.0665. The standard InChI is InChI=1S/C22H15O2S/c1-3-8-20-18(6-1)19-7-2-4-9-21(19)25(20)17-13-11-16(12-14-17)24-22-10-5-15-23-22/h1-15H/q+1. The molecule has 0 bridgehead atoms. The molecule has 2 heterocycles. The highest BCUT2D eigenvalue weighted by Gasteiger charge is 2.22. The smallest absolute Gasteiger partial charge is 0.289 e. The van der Waals surface area contributed by atoms with Crippen molar-refractivity contribution in [3.05, 3.63) is 91.2 Å². The molecule has 0 saturated carbocycles. The van der Waals surface area contributed by atoms with Gasteiger partial charge < -0.3 is 9.15 Å². The van der Waals surface area contributed by atoms with Crippen LogP contribution in [0.5, 0.6) is 11.7 Å². The zero-order valence-corrected chi connectivity index (χ0v) is 14.2. The summed E-state index contributed by atoms with van der Waals surface area (Å²) in [6, 6.07) is 29.3. The molecule has 0 spiro atoms. The first-order valence-corrected chi connectivity index (χ1v) is 9.37. The predicted octanol–water partition coefficient (Wildman–Crippen LogP) is 7.12. The molecular weight excluding hydrogens is 328 g/mol. The van der Waals surface area contributed by atoms with E-state index in [1.807, 2.05) is 18.2 Å². The minimum absolute atomic E-state index is 0.0665. The zero-order chi connectivity index (χ0) is 16.6. The van der Waals surface area contributed by atoms with Gasteiger partial charge in [0.1, 0.15) is 5.75 Å². The molecule has 3 aromatic carbocycles. The maximum atomic E-state index is 5.71. The van der Waals surface area contributed by atoms with Crippen molar-refractivity contribution >= 4 is 30.6 Å². The number of furan rings is 1. The molecule has 0 unspecified atom stereocenters. The number of ether oxygens (including phenoxy) is 1. The van der Waals surface area contributed by atoms with Gasteiger partial charge in [-0.3, -0.25) is 0 Å². The Morgan fingerprint density at radius 1 is 0.640 bits per heavy atom. The van der Waals surface area contributed by atoms with Crippen LogP contribution in [0.15, 0.2) is 95.6 Å². The van der Waals surface area contributed by atoms with E-state index in [2.05, 4.69) is 60.7 Å². The average Bonchev–Trinajstić information content (AvgIpc) is 3.28. The van der Waals surface area contributed by atoms with Crippen LogP contribution in [0.4, 0.5) is 0 Å². The van der Waals surface area contributed by atoms with Crippen LogP contribution in [0.2, 0.25) is 0 Å². The van der Waals surface area contributed by atoms with E-state index in [1.165, 1.54) is 25.1 Å². The van der Waals surface area contributed by atoms with Crippen LogP contribution in [-0.4, -0.2) is 0 Å². The summed E-state index contributed by atoms with van der Waals surface area (Å²) in [6.45, 7) is 0. The molecule has 0 fully saturated rings. The van der Waals surface area contributed by atoms with Gasteiger partial charge in [0.2, 0.25) is 0 Å². The van der Waals surface area contributed by atoms with E-state index in [9.17, 15) is 0 Å². The number of benzene rings is 3. The SMILES string of the molecule is c1coc(Oc2ccc(-[s+]3c4ccccc4c4ccccc43)cc2)c1. The number of rotatable bonds is 3. The molecule has 2 aromatic heterocycles. The van der Waals surface area contributed by atoms with Gasteiger partial charge >= 0.3 is 0 Å². The fourth-order valence-corrected chi connectivity index (χ4v) is 5.57. The first-order valence-electron chi connectivity index (χ1n) is 8.14. The summed E-state index contributed by atoms with van der Waals surface area (Å²) in [5.41, 5.74) is 0. The highest BCUT2D eigenvalue weighted by molar-refractivity contribution is 7.50. The van der Waals surface area contributed by atoms with Gasteiger partial charge in [-0.25, -0.2) is 0 Å². The Labute approximate surface area is 147 Å². The van der Waals surface area contributed by atoms with E-state index >= 15 is 0 Å². The van der Waals surface area contributed by atoms with Crippen molar-refractivity contribution in [2.45, 2.75) is 0 Å². The van der Waals surface area contributed by atoms with Crippen LogP contribution >= 0.6 is 10.5 Å². The summed E-state index contributed by atoms with van der Waals surface area (Å²) >= 11 is 0. The normalized spacial score (nSPS) is 11.2. The topological polar surface area (TPSA) is 22.4 Å². The van der Waals surface area contributed by atoms with Gasteiger partial charge in [0, 0.05) is 39.4 Å². The molecule has 0 N–H and O–H groups in total. The van der Waals surface area contributed by atoms with Crippen molar-refractivity contribution in [3.8, 4) is 16.6 Å². The Kier molecular flexibility index (Phi) is 3.32. The van der Waals surface area contributed by atoms with Gasteiger partial charge in [-0.15, -0.1) is 0 Å². The lowest BCUT2D eigenvalue weighted by molar-refractivity contribution is 0.347. The monoisotopic (exact) mass is 343 g/mol. The van der Waals surface area contributed by atoms with E-state index in [-0.39, 0.29) is 10.5 Å². The molecule has 5 aromatic rings. The number of fused-ring (bicyclic) bond motifs is 3. The number of thiophene rings is 1.